The van der Waals surface area contributed by atoms with Crippen LogP contribution in [-0.4, -0.2) is 6.03 Å². The van der Waals surface area contributed by atoms with Crippen LogP contribution in [-0.2, 0) is 0 Å². The molecule has 0 aromatic heterocycles. The molecule has 0 saturated carbocycles. The van der Waals surface area contributed by atoms with Gasteiger partial charge in [-0.25, -0.2) is 4.79 Å². The third-order valence-corrected chi connectivity index (χ3v) is 3.72. The largest absolute Gasteiger partial charge is 0.323 e. The Bertz CT molecular complexity index is 840. The van der Waals surface area contributed by atoms with E-state index in [1.54, 1.807) is 12.1 Å². The van der Waals surface area contributed by atoms with E-state index in [1.165, 1.54) is 0 Å². The predicted molar refractivity (Wildman–Crippen MR) is 92.8 cm³/mol. The minimum absolute atomic E-state index is 0.290. The first kappa shape index (κ1) is 14.4. The molecule has 0 spiro atoms. The van der Waals surface area contributed by atoms with Crippen molar-refractivity contribution in [3.05, 3.63) is 71.2 Å². The van der Waals surface area contributed by atoms with E-state index in [2.05, 4.69) is 10.6 Å². The maximum Gasteiger partial charge on any atom is 0.323 e. The summed E-state index contributed by atoms with van der Waals surface area (Å²) in [7, 11) is 0. The average molecular weight is 311 g/mol. The van der Waals surface area contributed by atoms with Gasteiger partial charge in [0.1, 0.15) is 0 Å². The first-order valence-corrected chi connectivity index (χ1v) is 7.33. The molecule has 4 heteroatoms. The highest BCUT2D eigenvalue weighted by atomic mass is 35.5. The van der Waals surface area contributed by atoms with Gasteiger partial charge in [0.25, 0.3) is 0 Å². The molecule has 0 saturated heterocycles. The molecule has 3 rings (SSSR count). The highest BCUT2D eigenvalue weighted by Crippen LogP contribution is 2.24. The van der Waals surface area contributed by atoms with Gasteiger partial charge in [-0.2, -0.15) is 0 Å². The minimum atomic E-state index is -0.290. The molecule has 0 heterocycles. The summed E-state index contributed by atoms with van der Waals surface area (Å²) in [6, 6.07) is 18.8. The van der Waals surface area contributed by atoms with Crippen LogP contribution < -0.4 is 10.6 Å². The molecule has 3 nitrogen and oxygen atoms in total. The van der Waals surface area contributed by atoms with Crippen LogP contribution in [0.3, 0.4) is 0 Å². The van der Waals surface area contributed by atoms with Crippen LogP contribution in [0.2, 0.25) is 5.02 Å². The van der Waals surface area contributed by atoms with E-state index in [9.17, 15) is 4.79 Å². The maximum absolute atomic E-state index is 12.2. The first-order valence-electron chi connectivity index (χ1n) is 6.95. The Balaban J connectivity index is 1.83. The Morgan fingerprint density at radius 1 is 0.909 bits per heavy atom. The zero-order chi connectivity index (χ0) is 15.5. The standard InChI is InChI=1S/C18H15ClN2O/c1-12-9-10-14(19)11-17(12)21-18(22)20-16-8-4-6-13-5-2-3-7-15(13)16/h2-11H,1H3,(H2,20,21,22). The van der Waals surface area contributed by atoms with Gasteiger partial charge in [0.2, 0.25) is 0 Å². The van der Waals surface area contributed by atoms with E-state index in [1.807, 2.05) is 55.5 Å². The summed E-state index contributed by atoms with van der Waals surface area (Å²) in [5.74, 6) is 0. The lowest BCUT2D eigenvalue weighted by atomic mass is 10.1. The lowest BCUT2D eigenvalue weighted by molar-refractivity contribution is 0.262. The van der Waals surface area contributed by atoms with E-state index in [-0.39, 0.29) is 6.03 Å². The Kier molecular flexibility index (Phi) is 3.98. The number of hydrogen-bond donors (Lipinski definition) is 2. The number of fused-ring (bicyclic) bond motifs is 1. The van der Waals surface area contributed by atoms with Crippen LogP contribution in [0.4, 0.5) is 16.2 Å². The summed E-state index contributed by atoms with van der Waals surface area (Å²) in [6.07, 6.45) is 0. The Hall–Kier alpha value is -2.52. The van der Waals surface area contributed by atoms with Crippen molar-refractivity contribution in [2.75, 3.05) is 10.6 Å². The number of halogens is 1. The van der Waals surface area contributed by atoms with E-state index in [0.717, 1.165) is 22.0 Å². The van der Waals surface area contributed by atoms with Crippen LogP contribution in [0, 0.1) is 6.92 Å². The molecule has 0 aliphatic heterocycles. The molecule has 0 atom stereocenters. The normalized spacial score (nSPS) is 10.5. The molecule has 3 aromatic carbocycles. The van der Waals surface area contributed by atoms with E-state index in [0.29, 0.717) is 10.7 Å². The molecule has 0 aliphatic rings. The summed E-state index contributed by atoms with van der Waals surface area (Å²) >= 11 is 5.97. The maximum atomic E-state index is 12.2. The Morgan fingerprint density at radius 2 is 1.64 bits per heavy atom. The van der Waals surface area contributed by atoms with Crippen molar-refractivity contribution in [1.29, 1.82) is 0 Å². The molecule has 0 unspecified atom stereocenters. The second-order valence-electron chi connectivity index (χ2n) is 5.07. The lowest BCUT2D eigenvalue weighted by Crippen LogP contribution is -2.20. The van der Waals surface area contributed by atoms with Crippen molar-refractivity contribution in [2.45, 2.75) is 6.92 Å². The minimum Gasteiger partial charge on any atom is -0.307 e. The van der Waals surface area contributed by atoms with Crippen molar-refractivity contribution in [2.24, 2.45) is 0 Å². The average Bonchev–Trinajstić information content (AvgIpc) is 2.51. The van der Waals surface area contributed by atoms with Crippen molar-refractivity contribution in [3.63, 3.8) is 0 Å². The van der Waals surface area contributed by atoms with Crippen molar-refractivity contribution in [1.82, 2.24) is 0 Å². The molecule has 22 heavy (non-hydrogen) atoms. The Morgan fingerprint density at radius 3 is 2.50 bits per heavy atom. The third kappa shape index (κ3) is 3.05. The van der Waals surface area contributed by atoms with Gasteiger partial charge in [0.15, 0.2) is 0 Å². The summed E-state index contributed by atoms with van der Waals surface area (Å²) in [6.45, 7) is 1.92. The number of carbonyl (C=O) groups is 1. The fraction of sp³-hybridized carbons (Fsp3) is 0.0556. The second-order valence-corrected chi connectivity index (χ2v) is 5.50. The van der Waals surface area contributed by atoms with Crippen LogP contribution in [0.25, 0.3) is 10.8 Å². The number of rotatable bonds is 2. The number of urea groups is 1. The quantitative estimate of drug-likeness (QED) is 0.649. The topological polar surface area (TPSA) is 41.1 Å². The predicted octanol–water partition coefficient (Wildman–Crippen LogP) is 5.45. The van der Waals surface area contributed by atoms with E-state index < -0.39 is 0 Å². The summed E-state index contributed by atoms with van der Waals surface area (Å²) in [5, 5.41) is 8.39. The van der Waals surface area contributed by atoms with Gasteiger partial charge in [-0.15, -0.1) is 0 Å². The van der Waals surface area contributed by atoms with Gasteiger partial charge in [-0.1, -0.05) is 54.1 Å². The zero-order valence-corrected chi connectivity index (χ0v) is 12.8. The molecule has 0 fully saturated rings. The number of nitrogens with one attached hydrogen (secondary N) is 2. The molecular weight excluding hydrogens is 296 g/mol. The molecule has 0 radical (unpaired) electrons. The third-order valence-electron chi connectivity index (χ3n) is 3.49. The van der Waals surface area contributed by atoms with Crippen molar-refractivity contribution in [3.8, 4) is 0 Å². The molecular formula is C18H15ClN2O. The Labute approximate surface area is 133 Å². The van der Waals surface area contributed by atoms with Gasteiger partial charge < -0.3 is 10.6 Å². The second kappa shape index (κ2) is 6.08. The number of anilines is 2. The lowest BCUT2D eigenvalue weighted by Gasteiger charge is -2.12. The van der Waals surface area contributed by atoms with Gasteiger partial charge >= 0.3 is 6.03 Å². The number of amides is 2. The molecule has 3 aromatic rings. The van der Waals surface area contributed by atoms with Crippen LogP contribution in [0.5, 0.6) is 0 Å². The van der Waals surface area contributed by atoms with Crippen LogP contribution in [0.1, 0.15) is 5.56 Å². The molecule has 2 N–H and O–H groups in total. The number of benzene rings is 3. The fourth-order valence-corrected chi connectivity index (χ4v) is 2.51. The monoisotopic (exact) mass is 310 g/mol. The highest BCUT2D eigenvalue weighted by molar-refractivity contribution is 6.31. The number of carbonyl (C=O) groups excluding carboxylic acids is 1. The van der Waals surface area contributed by atoms with Crippen LogP contribution in [0.15, 0.2) is 60.7 Å². The van der Waals surface area contributed by atoms with E-state index in [4.69, 9.17) is 11.6 Å². The SMILES string of the molecule is Cc1ccc(Cl)cc1NC(=O)Nc1cccc2ccccc12. The number of aryl methyl sites for hydroxylation is 1. The summed E-state index contributed by atoms with van der Waals surface area (Å²) < 4.78 is 0. The molecule has 0 bridgehead atoms. The summed E-state index contributed by atoms with van der Waals surface area (Å²) in [5.41, 5.74) is 2.43. The smallest absolute Gasteiger partial charge is 0.307 e. The van der Waals surface area contributed by atoms with Gasteiger partial charge in [0, 0.05) is 16.1 Å². The van der Waals surface area contributed by atoms with Gasteiger partial charge in [0.05, 0.1) is 5.69 Å². The van der Waals surface area contributed by atoms with Crippen molar-refractivity contribution >= 4 is 39.8 Å². The fourth-order valence-electron chi connectivity index (χ4n) is 2.34. The van der Waals surface area contributed by atoms with Gasteiger partial charge in [-0.05, 0) is 36.1 Å². The zero-order valence-electron chi connectivity index (χ0n) is 12.1. The number of hydrogen-bond acceptors (Lipinski definition) is 1. The van der Waals surface area contributed by atoms with E-state index >= 15 is 0 Å². The molecule has 2 amide bonds. The van der Waals surface area contributed by atoms with Gasteiger partial charge in [-0.3, -0.25) is 0 Å². The first-order chi connectivity index (χ1) is 10.6. The molecule has 110 valence electrons. The summed E-state index contributed by atoms with van der Waals surface area (Å²) in [4.78, 5) is 12.2. The van der Waals surface area contributed by atoms with Crippen molar-refractivity contribution < 1.29 is 4.79 Å². The molecule has 0 aliphatic carbocycles. The highest BCUT2D eigenvalue weighted by Gasteiger charge is 2.07. The van der Waals surface area contributed by atoms with Crippen LogP contribution >= 0.6 is 11.6 Å².